The van der Waals surface area contributed by atoms with Crippen LogP contribution in [0, 0.1) is 11.8 Å². The number of nitrogens with zero attached hydrogens (tertiary/aromatic N) is 1. The maximum Gasteiger partial charge on any atom is 0.317 e. The Bertz CT molecular complexity index is 262. The third-order valence-electron chi connectivity index (χ3n) is 4.48. The van der Waals surface area contributed by atoms with Crippen molar-refractivity contribution in [3.63, 3.8) is 0 Å². The van der Waals surface area contributed by atoms with Crippen molar-refractivity contribution in [1.82, 2.24) is 15.5 Å². The highest BCUT2D eigenvalue weighted by Crippen LogP contribution is 2.29. The lowest BCUT2D eigenvalue weighted by molar-refractivity contribution is 0.216. The second-order valence-corrected chi connectivity index (χ2v) is 5.72. The molecule has 2 N–H and O–H groups in total. The van der Waals surface area contributed by atoms with Crippen molar-refractivity contribution in [3.05, 3.63) is 0 Å². The van der Waals surface area contributed by atoms with Crippen LogP contribution in [0.3, 0.4) is 0 Å². The van der Waals surface area contributed by atoms with Crippen LogP contribution < -0.4 is 10.6 Å². The minimum atomic E-state index is 0.0975. The molecule has 0 atom stereocenters. The van der Waals surface area contributed by atoms with E-state index in [4.69, 9.17) is 0 Å². The molecule has 2 fully saturated rings. The van der Waals surface area contributed by atoms with Crippen molar-refractivity contribution in [1.29, 1.82) is 0 Å². The van der Waals surface area contributed by atoms with Crippen LogP contribution in [-0.2, 0) is 0 Å². The minimum Gasteiger partial charge on any atom is -0.336 e. The van der Waals surface area contributed by atoms with Gasteiger partial charge in [-0.1, -0.05) is 26.2 Å². The lowest BCUT2D eigenvalue weighted by atomic mass is 9.81. The second kappa shape index (κ2) is 6.98. The first-order valence-corrected chi connectivity index (χ1v) is 7.53. The van der Waals surface area contributed by atoms with Crippen molar-refractivity contribution >= 4 is 6.03 Å². The number of amides is 2. The molecule has 104 valence electrons. The highest BCUT2D eigenvalue weighted by Gasteiger charge is 2.20. The van der Waals surface area contributed by atoms with Crippen molar-refractivity contribution in [2.24, 2.45) is 11.8 Å². The maximum atomic E-state index is 11.3. The fourth-order valence-corrected chi connectivity index (χ4v) is 3.09. The quantitative estimate of drug-likeness (QED) is 0.709. The van der Waals surface area contributed by atoms with Crippen LogP contribution in [-0.4, -0.2) is 43.7 Å². The normalized spacial score (nSPS) is 28.5. The Balaban J connectivity index is 1.52. The molecule has 1 aliphatic heterocycles. The van der Waals surface area contributed by atoms with Crippen LogP contribution in [0.15, 0.2) is 0 Å². The Morgan fingerprint density at radius 3 is 2.61 bits per heavy atom. The Labute approximate surface area is 110 Å². The number of hydrogen-bond donors (Lipinski definition) is 2. The van der Waals surface area contributed by atoms with E-state index in [9.17, 15) is 4.79 Å². The van der Waals surface area contributed by atoms with E-state index in [0.29, 0.717) is 0 Å². The van der Waals surface area contributed by atoms with Gasteiger partial charge in [0, 0.05) is 26.2 Å². The van der Waals surface area contributed by atoms with Gasteiger partial charge in [-0.25, -0.2) is 4.79 Å². The first-order chi connectivity index (χ1) is 8.79. The van der Waals surface area contributed by atoms with E-state index in [2.05, 4.69) is 17.6 Å². The molecule has 1 saturated carbocycles. The van der Waals surface area contributed by atoms with Crippen LogP contribution in [0.1, 0.15) is 39.0 Å². The van der Waals surface area contributed by atoms with Gasteiger partial charge in [0.05, 0.1) is 0 Å². The van der Waals surface area contributed by atoms with E-state index in [1.807, 2.05) is 4.90 Å². The molecule has 0 aromatic carbocycles. The third-order valence-corrected chi connectivity index (χ3v) is 4.48. The number of carbonyl (C=O) groups is 1. The fraction of sp³-hybridized carbons (Fsp3) is 0.929. The Kier molecular flexibility index (Phi) is 5.29. The standard InChI is InChI=1S/C14H27N3O/c1-2-12-3-5-13(6-4-12)11-15-7-9-17-10-8-16-14(17)18/h12-13,15H,2-11H2,1H3,(H,16,18). The van der Waals surface area contributed by atoms with Crippen molar-refractivity contribution in [3.8, 4) is 0 Å². The fourth-order valence-electron chi connectivity index (χ4n) is 3.09. The molecule has 2 amide bonds. The van der Waals surface area contributed by atoms with Crippen molar-refractivity contribution in [2.45, 2.75) is 39.0 Å². The second-order valence-electron chi connectivity index (χ2n) is 5.72. The van der Waals surface area contributed by atoms with Gasteiger partial charge >= 0.3 is 6.03 Å². The van der Waals surface area contributed by atoms with Crippen molar-refractivity contribution in [2.75, 3.05) is 32.7 Å². The molecule has 0 spiro atoms. The predicted octanol–water partition coefficient (Wildman–Crippen LogP) is 1.82. The smallest absolute Gasteiger partial charge is 0.317 e. The van der Waals surface area contributed by atoms with Crippen LogP contribution in [0.2, 0.25) is 0 Å². The molecule has 1 heterocycles. The summed E-state index contributed by atoms with van der Waals surface area (Å²) in [6.45, 7) is 6.88. The molecule has 4 heteroatoms. The first-order valence-electron chi connectivity index (χ1n) is 7.53. The molecule has 0 aromatic rings. The van der Waals surface area contributed by atoms with Gasteiger partial charge in [-0.3, -0.25) is 0 Å². The average Bonchev–Trinajstić information content (AvgIpc) is 2.81. The first kappa shape index (κ1) is 13.7. The van der Waals surface area contributed by atoms with Crippen LogP contribution in [0.4, 0.5) is 4.79 Å². The molecule has 4 nitrogen and oxygen atoms in total. The topological polar surface area (TPSA) is 44.4 Å². The molecular weight excluding hydrogens is 226 g/mol. The van der Waals surface area contributed by atoms with E-state index in [1.165, 1.54) is 32.1 Å². The monoisotopic (exact) mass is 253 g/mol. The summed E-state index contributed by atoms with van der Waals surface area (Å²) in [4.78, 5) is 13.2. The van der Waals surface area contributed by atoms with E-state index < -0.39 is 0 Å². The summed E-state index contributed by atoms with van der Waals surface area (Å²) in [5, 5.41) is 6.34. The Morgan fingerprint density at radius 2 is 2.00 bits per heavy atom. The molecular formula is C14H27N3O. The molecule has 0 radical (unpaired) electrons. The lowest BCUT2D eigenvalue weighted by Crippen LogP contribution is -2.36. The lowest BCUT2D eigenvalue weighted by Gasteiger charge is -2.28. The van der Waals surface area contributed by atoms with E-state index in [0.717, 1.165) is 44.6 Å². The maximum absolute atomic E-state index is 11.3. The number of urea groups is 1. The van der Waals surface area contributed by atoms with Gasteiger partial charge in [0.25, 0.3) is 0 Å². The van der Waals surface area contributed by atoms with Crippen LogP contribution in [0.5, 0.6) is 0 Å². The minimum absolute atomic E-state index is 0.0975. The molecule has 0 unspecified atom stereocenters. The van der Waals surface area contributed by atoms with Gasteiger partial charge in [-0.05, 0) is 31.2 Å². The van der Waals surface area contributed by atoms with E-state index >= 15 is 0 Å². The van der Waals surface area contributed by atoms with E-state index in [-0.39, 0.29) is 6.03 Å². The summed E-state index contributed by atoms with van der Waals surface area (Å²) >= 11 is 0. The van der Waals surface area contributed by atoms with Crippen molar-refractivity contribution < 1.29 is 4.79 Å². The van der Waals surface area contributed by atoms with Gasteiger partial charge in [-0.15, -0.1) is 0 Å². The molecule has 0 bridgehead atoms. The van der Waals surface area contributed by atoms with Gasteiger partial charge in [-0.2, -0.15) is 0 Å². The van der Waals surface area contributed by atoms with Crippen LogP contribution >= 0.6 is 0 Å². The Hall–Kier alpha value is -0.770. The molecule has 18 heavy (non-hydrogen) atoms. The van der Waals surface area contributed by atoms with E-state index in [1.54, 1.807) is 0 Å². The van der Waals surface area contributed by atoms with Gasteiger partial charge in [0.2, 0.25) is 0 Å². The zero-order chi connectivity index (χ0) is 12.8. The average molecular weight is 253 g/mol. The highest BCUT2D eigenvalue weighted by atomic mass is 16.2. The summed E-state index contributed by atoms with van der Waals surface area (Å²) < 4.78 is 0. The largest absolute Gasteiger partial charge is 0.336 e. The number of carbonyl (C=O) groups excluding carboxylic acids is 1. The SMILES string of the molecule is CCC1CCC(CNCCN2CCNC2=O)CC1. The summed E-state index contributed by atoms with van der Waals surface area (Å²) in [6.07, 6.45) is 6.95. The third kappa shape index (κ3) is 3.87. The molecule has 0 aromatic heterocycles. The summed E-state index contributed by atoms with van der Waals surface area (Å²) in [7, 11) is 0. The van der Waals surface area contributed by atoms with Gasteiger partial charge < -0.3 is 15.5 Å². The zero-order valence-corrected chi connectivity index (χ0v) is 11.6. The highest BCUT2D eigenvalue weighted by molar-refractivity contribution is 5.76. The predicted molar refractivity (Wildman–Crippen MR) is 73.6 cm³/mol. The molecule has 1 aliphatic carbocycles. The van der Waals surface area contributed by atoms with Gasteiger partial charge in [0.1, 0.15) is 0 Å². The van der Waals surface area contributed by atoms with Gasteiger partial charge in [0.15, 0.2) is 0 Å². The summed E-state index contributed by atoms with van der Waals surface area (Å²) in [5.74, 6) is 1.84. The number of nitrogens with one attached hydrogen (secondary N) is 2. The van der Waals surface area contributed by atoms with Crippen LogP contribution in [0.25, 0.3) is 0 Å². The number of rotatable bonds is 6. The molecule has 2 rings (SSSR count). The molecule has 1 saturated heterocycles. The Morgan fingerprint density at radius 1 is 1.28 bits per heavy atom. The summed E-state index contributed by atoms with van der Waals surface area (Å²) in [6, 6.07) is 0.0975. The molecule has 2 aliphatic rings. The zero-order valence-electron chi connectivity index (χ0n) is 11.6. The summed E-state index contributed by atoms with van der Waals surface area (Å²) in [5.41, 5.74) is 0. The number of hydrogen-bond acceptors (Lipinski definition) is 2.